The normalized spacial score (nSPS) is 30.5. The fourth-order valence-electron chi connectivity index (χ4n) is 1.93. The molecule has 0 saturated carbocycles. The third-order valence-electron chi connectivity index (χ3n) is 2.59. The van der Waals surface area contributed by atoms with Crippen molar-refractivity contribution in [1.29, 1.82) is 0 Å². The first-order chi connectivity index (χ1) is 5.83. The number of hydrogen-bond donors (Lipinski definition) is 2. The molecule has 0 amide bonds. The molecule has 0 aliphatic carbocycles. The van der Waals surface area contributed by atoms with Crippen molar-refractivity contribution in [3.63, 3.8) is 0 Å². The van der Waals surface area contributed by atoms with Crippen molar-refractivity contribution in [2.45, 2.75) is 31.2 Å². The van der Waals surface area contributed by atoms with E-state index in [4.69, 9.17) is 9.84 Å². The second kappa shape index (κ2) is 4.80. The minimum Gasteiger partial charge on any atom is -0.396 e. The Balaban J connectivity index is 2.44. The molecule has 1 aliphatic heterocycles. The van der Waals surface area contributed by atoms with Crippen molar-refractivity contribution in [2.24, 2.45) is 0 Å². The monoisotopic (exact) mass is 173 g/mol. The van der Waals surface area contributed by atoms with Gasteiger partial charge in [-0.2, -0.15) is 0 Å². The van der Waals surface area contributed by atoms with Crippen LogP contribution in [0.3, 0.4) is 0 Å². The maximum absolute atomic E-state index is 8.91. The highest BCUT2D eigenvalue weighted by Gasteiger charge is 2.30. The van der Waals surface area contributed by atoms with Gasteiger partial charge in [0.25, 0.3) is 0 Å². The Morgan fingerprint density at radius 3 is 2.83 bits per heavy atom. The quantitative estimate of drug-likeness (QED) is 0.651. The van der Waals surface area contributed by atoms with Crippen molar-refractivity contribution in [2.75, 3.05) is 26.9 Å². The van der Waals surface area contributed by atoms with Crippen LogP contribution in [0.5, 0.6) is 0 Å². The first-order valence-electron chi connectivity index (χ1n) is 4.68. The zero-order valence-corrected chi connectivity index (χ0v) is 7.81. The van der Waals surface area contributed by atoms with E-state index in [2.05, 4.69) is 5.32 Å². The molecule has 0 bridgehead atoms. The number of ether oxygens (including phenoxy) is 1. The summed E-state index contributed by atoms with van der Waals surface area (Å²) >= 11 is 0. The summed E-state index contributed by atoms with van der Waals surface area (Å²) in [6, 6.07) is 0. The van der Waals surface area contributed by atoms with Crippen LogP contribution in [0.1, 0.15) is 25.7 Å². The molecule has 2 N–H and O–H groups in total. The average Bonchev–Trinajstić information content (AvgIpc) is 2.07. The number of hydrogen-bond acceptors (Lipinski definition) is 3. The molecule has 3 nitrogen and oxygen atoms in total. The Labute approximate surface area is 74.1 Å². The van der Waals surface area contributed by atoms with Crippen LogP contribution >= 0.6 is 0 Å². The summed E-state index contributed by atoms with van der Waals surface area (Å²) in [5.74, 6) is 0. The van der Waals surface area contributed by atoms with Gasteiger partial charge in [-0.3, -0.25) is 0 Å². The Morgan fingerprint density at radius 1 is 1.50 bits per heavy atom. The summed E-state index contributed by atoms with van der Waals surface area (Å²) in [6.45, 7) is 2.02. The van der Waals surface area contributed by atoms with Crippen molar-refractivity contribution >= 4 is 0 Å². The lowest BCUT2D eigenvalue weighted by Crippen LogP contribution is -2.52. The van der Waals surface area contributed by atoms with Gasteiger partial charge in [0.15, 0.2) is 0 Å². The summed E-state index contributed by atoms with van der Waals surface area (Å²) in [5.41, 5.74) is 0.0573. The first-order valence-corrected chi connectivity index (χ1v) is 4.68. The van der Waals surface area contributed by atoms with Gasteiger partial charge in [0.05, 0.1) is 6.61 Å². The molecule has 1 atom stereocenters. The van der Waals surface area contributed by atoms with Crippen LogP contribution in [0.25, 0.3) is 0 Å². The molecule has 12 heavy (non-hydrogen) atoms. The fourth-order valence-corrected chi connectivity index (χ4v) is 1.93. The maximum Gasteiger partial charge on any atom is 0.0645 e. The lowest BCUT2D eigenvalue weighted by atomic mass is 9.87. The van der Waals surface area contributed by atoms with E-state index in [0.717, 1.165) is 19.4 Å². The predicted octanol–water partition coefficient (Wildman–Crippen LogP) is 0.528. The van der Waals surface area contributed by atoms with Gasteiger partial charge in [-0.25, -0.2) is 0 Å². The molecule has 0 aromatic heterocycles. The molecule has 0 radical (unpaired) electrons. The molecule has 1 fully saturated rings. The third-order valence-corrected chi connectivity index (χ3v) is 2.59. The van der Waals surface area contributed by atoms with Crippen LogP contribution in [-0.2, 0) is 4.74 Å². The number of aliphatic hydroxyl groups is 1. The molecule has 72 valence electrons. The molecular formula is C9H19NO2. The number of rotatable bonds is 4. The molecule has 1 saturated heterocycles. The highest BCUT2D eigenvalue weighted by Crippen LogP contribution is 2.22. The van der Waals surface area contributed by atoms with E-state index in [0.29, 0.717) is 6.61 Å². The summed E-state index contributed by atoms with van der Waals surface area (Å²) in [5, 5.41) is 12.4. The van der Waals surface area contributed by atoms with E-state index in [1.165, 1.54) is 12.8 Å². The van der Waals surface area contributed by atoms with E-state index >= 15 is 0 Å². The van der Waals surface area contributed by atoms with E-state index in [1.54, 1.807) is 7.11 Å². The minimum absolute atomic E-state index is 0.0573. The average molecular weight is 173 g/mol. The van der Waals surface area contributed by atoms with Crippen molar-refractivity contribution in [1.82, 2.24) is 5.32 Å². The SMILES string of the molecule is COCC1(CCO)CCCCN1. The maximum atomic E-state index is 8.91. The molecule has 3 heteroatoms. The van der Waals surface area contributed by atoms with Crippen molar-refractivity contribution in [3.8, 4) is 0 Å². The third kappa shape index (κ3) is 2.44. The molecule has 1 rings (SSSR count). The standard InChI is InChI=1S/C9H19NO2/c1-12-8-9(5-7-11)4-2-3-6-10-9/h10-11H,2-8H2,1H3. The highest BCUT2D eigenvalue weighted by molar-refractivity contribution is 4.90. The van der Waals surface area contributed by atoms with Gasteiger partial charge in [0.2, 0.25) is 0 Å². The molecule has 1 heterocycles. The van der Waals surface area contributed by atoms with Gasteiger partial charge < -0.3 is 15.2 Å². The largest absolute Gasteiger partial charge is 0.396 e. The van der Waals surface area contributed by atoms with Gasteiger partial charge >= 0.3 is 0 Å². The summed E-state index contributed by atoms with van der Waals surface area (Å²) in [6.07, 6.45) is 4.43. The van der Waals surface area contributed by atoms with Gasteiger partial charge in [-0.1, -0.05) is 6.42 Å². The van der Waals surface area contributed by atoms with Crippen LogP contribution in [0.2, 0.25) is 0 Å². The molecule has 0 aromatic rings. The van der Waals surface area contributed by atoms with Gasteiger partial charge in [0.1, 0.15) is 0 Å². The van der Waals surface area contributed by atoms with Gasteiger partial charge in [0, 0.05) is 19.3 Å². The zero-order chi connectivity index (χ0) is 8.86. The lowest BCUT2D eigenvalue weighted by molar-refractivity contribution is 0.0698. The molecule has 0 spiro atoms. The fraction of sp³-hybridized carbons (Fsp3) is 1.00. The summed E-state index contributed by atoms with van der Waals surface area (Å²) in [4.78, 5) is 0. The Kier molecular flexibility index (Phi) is 3.98. The second-order valence-corrected chi connectivity index (χ2v) is 3.57. The zero-order valence-electron chi connectivity index (χ0n) is 7.81. The lowest BCUT2D eigenvalue weighted by Gasteiger charge is -2.37. The number of nitrogens with one attached hydrogen (secondary N) is 1. The smallest absolute Gasteiger partial charge is 0.0645 e. The molecule has 1 unspecified atom stereocenters. The van der Waals surface area contributed by atoms with Gasteiger partial charge in [-0.05, 0) is 25.8 Å². The van der Waals surface area contributed by atoms with Crippen molar-refractivity contribution in [3.05, 3.63) is 0 Å². The number of methoxy groups -OCH3 is 1. The highest BCUT2D eigenvalue weighted by atomic mass is 16.5. The van der Waals surface area contributed by atoms with Crippen LogP contribution < -0.4 is 5.32 Å². The van der Waals surface area contributed by atoms with E-state index in [-0.39, 0.29) is 12.1 Å². The molecular weight excluding hydrogens is 154 g/mol. The molecule has 0 aromatic carbocycles. The summed E-state index contributed by atoms with van der Waals surface area (Å²) in [7, 11) is 1.72. The van der Waals surface area contributed by atoms with Crippen LogP contribution in [-0.4, -0.2) is 37.5 Å². The Bertz CT molecular complexity index is 106. The first kappa shape index (κ1) is 9.96. The van der Waals surface area contributed by atoms with E-state index in [9.17, 15) is 0 Å². The predicted molar refractivity (Wildman–Crippen MR) is 48.2 cm³/mol. The van der Waals surface area contributed by atoms with E-state index in [1.807, 2.05) is 0 Å². The number of aliphatic hydroxyl groups excluding tert-OH is 1. The van der Waals surface area contributed by atoms with E-state index < -0.39 is 0 Å². The Hall–Kier alpha value is -0.120. The minimum atomic E-state index is 0.0573. The van der Waals surface area contributed by atoms with Crippen LogP contribution in [0.4, 0.5) is 0 Å². The topological polar surface area (TPSA) is 41.5 Å². The summed E-state index contributed by atoms with van der Waals surface area (Å²) < 4.78 is 5.16. The number of piperidine rings is 1. The molecule has 1 aliphatic rings. The second-order valence-electron chi connectivity index (χ2n) is 3.57. The van der Waals surface area contributed by atoms with Crippen molar-refractivity contribution < 1.29 is 9.84 Å². The van der Waals surface area contributed by atoms with Gasteiger partial charge in [-0.15, -0.1) is 0 Å². The Morgan fingerprint density at radius 2 is 2.33 bits per heavy atom. The van der Waals surface area contributed by atoms with Crippen LogP contribution in [0, 0.1) is 0 Å². The van der Waals surface area contributed by atoms with Crippen LogP contribution in [0.15, 0.2) is 0 Å².